The number of esters is 1. The Labute approximate surface area is 146 Å². The van der Waals surface area contributed by atoms with Crippen LogP contribution in [0.5, 0.6) is 0 Å². The predicted molar refractivity (Wildman–Crippen MR) is 87.2 cm³/mol. The van der Waals surface area contributed by atoms with E-state index in [1.807, 2.05) is 0 Å². The zero-order chi connectivity index (χ0) is 19.3. The van der Waals surface area contributed by atoms with Crippen molar-refractivity contribution in [2.45, 2.75) is 13.1 Å². The first-order valence-corrected chi connectivity index (χ1v) is 7.40. The fourth-order valence-electron chi connectivity index (χ4n) is 2.14. The Kier molecular flexibility index (Phi) is 5.71. The minimum Gasteiger partial charge on any atom is -0.462 e. The van der Waals surface area contributed by atoms with Crippen molar-refractivity contribution >= 4 is 23.8 Å². The van der Waals surface area contributed by atoms with E-state index in [0.29, 0.717) is 0 Å². The molecule has 26 heavy (non-hydrogen) atoms. The van der Waals surface area contributed by atoms with Crippen LogP contribution in [0.3, 0.4) is 0 Å². The Bertz CT molecular complexity index is 863. The standard InChI is InChI=1S/C17H13F3N2O4/c1-2-26-16(23)13-9-12(22(24)25)10-21-15(13)8-7-11-5-3-4-6-14(11)17(18,19)20/h3-10H,2H2,1H3/b8-7+. The number of carbonyl (C=O) groups is 1. The van der Waals surface area contributed by atoms with Crippen molar-refractivity contribution in [2.24, 2.45) is 0 Å². The molecule has 0 spiro atoms. The molecule has 1 aromatic heterocycles. The van der Waals surface area contributed by atoms with Crippen molar-refractivity contribution in [3.05, 3.63) is 69.0 Å². The van der Waals surface area contributed by atoms with E-state index in [1.165, 1.54) is 24.3 Å². The monoisotopic (exact) mass is 366 g/mol. The quantitative estimate of drug-likeness (QED) is 0.446. The molecular formula is C17H13F3N2O4. The van der Waals surface area contributed by atoms with Gasteiger partial charge >= 0.3 is 12.1 Å². The summed E-state index contributed by atoms with van der Waals surface area (Å²) in [5.41, 5.74) is -1.65. The molecular weight excluding hydrogens is 353 g/mol. The number of aromatic nitrogens is 1. The number of nitro groups is 1. The van der Waals surface area contributed by atoms with Crippen LogP contribution in [0.1, 0.15) is 34.1 Å². The van der Waals surface area contributed by atoms with E-state index in [0.717, 1.165) is 24.4 Å². The van der Waals surface area contributed by atoms with Gasteiger partial charge in [0.05, 0.1) is 28.4 Å². The van der Waals surface area contributed by atoms with E-state index < -0.39 is 28.3 Å². The summed E-state index contributed by atoms with van der Waals surface area (Å²) in [4.78, 5) is 25.9. The molecule has 2 aromatic rings. The zero-order valence-electron chi connectivity index (χ0n) is 13.5. The van der Waals surface area contributed by atoms with Crippen molar-refractivity contribution in [3.8, 4) is 0 Å². The Morgan fingerprint density at radius 3 is 2.62 bits per heavy atom. The molecule has 0 aliphatic carbocycles. The third-order valence-electron chi connectivity index (χ3n) is 3.30. The summed E-state index contributed by atoms with van der Waals surface area (Å²) >= 11 is 0. The molecule has 0 N–H and O–H groups in total. The van der Waals surface area contributed by atoms with Gasteiger partial charge in [-0.2, -0.15) is 13.2 Å². The summed E-state index contributed by atoms with van der Waals surface area (Å²) in [5, 5.41) is 10.8. The smallest absolute Gasteiger partial charge is 0.416 e. The number of hydrogen-bond donors (Lipinski definition) is 0. The molecule has 136 valence electrons. The van der Waals surface area contributed by atoms with Gasteiger partial charge in [-0.15, -0.1) is 0 Å². The maximum absolute atomic E-state index is 13.0. The van der Waals surface area contributed by atoms with Crippen LogP contribution >= 0.6 is 0 Å². The van der Waals surface area contributed by atoms with Crippen LogP contribution in [0.15, 0.2) is 36.5 Å². The highest BCUT2D eigenvalue weighted by molar-refractivity contribution is 5.94. The summed E-state index contributed by atoms with van der Waals surface area (Å²) in [7, 11) is 0. The van der Waals surface area contributed by atoms with Crippen molar-refractivity contribution < 1.29 is 27.6 Å². The topological polar surface area (TPSA) is 82.3 Å². The van der Waals surface area contributed by atoms with Gasteiger partial charge in [-0.05, 0) is 24.6 Å². The lowest BCUT2D eigenvalue weighted by molar-refractivity contribution is -0.385. The van der Waals surface area contributed by atoms with Crippen molar-refractivity contribution in [1.29, 1.82) is 0 Å². The maximum atomic E-state index is 13.0. The van der Waals surface area contributed by atoms with Gasteiger partial charge in [0.25, 0.3) is 5.69 Å². The second-order valence-electron chi connectivity index (χ2n) is 5.02. The molecule has 0 unspecified atom stereocenters. The average molecular weight is 366 g/mol. The molecule has 0 atom stereocenters. The van der Waals surface area contributed by atoms with Crippen LogP contribution in [-0.2, 0) is 10.9 Å². The SMILES string of the molecule is CCOC(=O)c1cc([N+](=O)[O-])cnc1/C=C/c1ccccc1C(F)(F)F. The Hall–Kier alpha value is -3.23. The molecule has 0 radical (unpaired) electrons. The van der Waals surface area contributed by atoms with Gasteiger partial charge in [0, 0.05) is 6.07 Å². The number of rotatable bonds is 5. The van der Waals surface area contributed by atoms with Gasteiger partial charge in [0.15, 0.2) is 0 Å². The molecule has 0 fully saturated rings. The minimum absolute atomic E-state index is 0.0294. The summed E-state index contributed by atoms with van der Waals surface area (Å²) in [5.74, 6) is -0.854. The van der Waals surface area contributed by atoms with Gasteiger partial charge in [0.2, 0.25) is 0 Å². The molecule has 0 amide bonds. The van der Waals surface area contributed by atoms with Gasteiger partial charge < -0.3 is 4.74 Å². The summed E-state index contributed by atoms with van der Waals surface area (Å²) in [6.07, 6.45) is -1.31. The van der Waals surface area contributed by atoms with E-state index in [-0.39, 0.29) is 23.4 Å². The van der Waals surface area contributed by atoms with E-state index in [4.69, 9.17) is 4.74 Å². The van der Waals surface area contributed by atoms with Crippen LogP contribution in [0, 0.1) is 10.1 Å². The first-order chi connectivity index (χ1) is 12.2. The van der Waals surface area contributed by atoms with Gasteiger partial charge in [0.1, 0.15) is 6.20 Å². The van der Waals surface area contributed by atoms with E-state index >= 15 is 0 Å². The normalized spacial score (nSPS) is 11.5. The van der Waals surface area contributed by atoms with Crippen LogP contribution in [0.4, 0.5) is 18.9 Å². The van der Waals surface area contributed by atoms with E-state index in [9.17, 15) is 28.1 Å². The molecule has 1 heterocycles. The number of halogens is 3. The third kappa shape index (κ3) is 4.44. The lowest BCUT2D eigenvalue weighted by Crippen LogP contribution is -2.09. The molecule has 0 saturated carbocycles. The van der Waals surface area contributed by atoms with Gasteiger partial charge in [-0.3, -0.25) is 10.1 Å². The molecule has 6 nitrogen and oxygen atoms in total. The molecule has 0 bridgehead atoms. The minimum atomic E-state index is -4.55. The lowest BCUT2D eigenvalue weighted by Gasteiger charge is -2.10. The summed E-state index contributed by atoms with van der Waals surface area (Å²) in [6.45, 7) is 1.58. The third-order valence-corrected chi connectivity index (χ3v) is 3.30. The number of carbonyl (C=O) groups excluding carboxylic acids is 1. The van der Waals surface area contributed by atoms with Crippen molar-refractivity contribution in [2.75, 3.05) is 6.61 Å². The number of hydrogen-bond acceptors (Lipinski definition) is 5. The fraction of sp³-hybridized carbons (Fsp3) is 0.176. The van der Waals surface area contributed by atoms with E-state index in [2.05, 4.69) is 4.98 Å². The molecule has 0 aliphatic heterocycles. The highest BCUT2D eigenvalue weighted by Gasteiger charge is 2.32. The number of benzene rings is 1. The molecule has 0 aliphatic rings. The van der Waals surface area contributed by atoms with Crippen molar-refractivity contribution in [3.63, 3.8) is 0 Å². The summed E-state index contributed by atoms with van der Waals surface area (Å²) < 4.78 is 43.9. The number of alkyl halides is 3. The number of nitrogens with zero attached hydrogens (tertiary/aromatic N) is 2. The van der Waals surface area contributed by atoms with Crippen LogP contribution in [-0.4, -0.2) is 22.5 Å². The molecule has 0 saturated heterocycles. The second-order valence-corrected chi connectivity index (χ2v) is 5.02. The second kappa shape index (κ2) is 7.77. The summed E-state index contributed by atoms with van der Waals surface area (Å²) in [6, 6.07) is 5.85. The Morgan fingerprint density at radius 2 is 2.00 bits per heavy atom. The maximum Gasteiger partial charge on any atom is 0.416 e. The molecule has 9 heteroatoms. The molecule has 2 rings (SSSR count). The van der Waals surface area contributed by atoms with Crippen LogP contribution in [0.2, 0.25) is 0 Å². The highest BCUT2D eigenvalue weighted by Crippen LogP contribution is 2.32. The first-order valence-electron chi connectivity index (χ1n) is 7.40. The van der Waals surface area contributed by atoms with E-state index in [1.54, 1.807) is 6.92 Å². The van der Waals surface area contributed by atoms with Crippen LogP contribution < -0.4 is 0 Å². The predicted octanol–water partition coefficient (Wildman–Crippen LogP) is 4.36. The van der Waals surface area contributed by atoms with Gasteiger partial charge in [-0.25, -0.2) is 9.78 Å². The highest BCUT2D eigenvalue weighted by atomic mass is 19.4. The number of ether oxygens (including phenoxy) is 1. The van der Waals surface area contributed by atoms with Crippen LogP contribution in [0.25, 0.3) is 12.2 Å². The number of pyridine rings is 1. The Balaban J connectivity index is 2.48. The zero-order valence-corrected chi connectivity index (χ0v) is 13.5. The van der Waals surface area contributed by atoms with Gasteiger partial charge in [-0.1, -0.05) is 24.3 Å². The van der Waals surface area contributed by atoms with Crippen molar-refractivity contribution in [1.82, 2.24) is 4.98 Å². The largest absolute Gasteiger partial charge is 0.462 e. The average Bonchev–Trinajstić information content (AvgIpc) is 2.59. The Morgan fingerprint density at radius 1 is 1.31 bits per heavy atom. The fourth-order valence-corrected chi connectivity index (χ4v) is 2.14. The first kappa shape index (κ1) is 19.1. The molecule has 1 aromatic carbocycles. The lowest BCUT2D eigenvalue weighted by atomic mass is 10.1.